The van der Waals surface area contributed by atoms with Crippen molar-refractivity contribution in [1.82, 2.24) is 5.32 Å². The van der Waals surface area contributed by atoms with Gasteiger partial charge in [-0.2, -0.15) is 0 Å². The molecule has 0 saturated carbocycles. The molecule has 0 saturated heterocycles. The highest BCUT2D eigenvalue weighted by Gasteiger charge is 2.15. The van der Waals surface area contributed by atoms with E-state index in [4.69, 9.17) is 4.74 Å². The Morgan fingerprint density at radius 2 is 2.05 bits per heavy atom. The van der Waals surface area contributed by atoms with Crippen molar-refractivity contribution in [2.75, 3.05) is 6.54 Å². The number of ether oxygens (including phenoxy) is 1. The van der Waals surface area contributed by atoms with E-state index < -0.39 is 11.7 Å². The Hall–Kier alpha value is -1.60. The summed E-state index contributed by atoms with van der Waals surface area (Å²) in [5, 5.41) is 2.66. The Balaban J connectivity index is 2.33. The van der Waals surface area contributed by atoms with Crippen molar-refractivity contribution in [3.63, 3.8) is 0 Å². The van der Waals surface area contributed by atoms with Crippen LogP contribution < -0.4 is 5.32 Å². The molecule has 0 spiro atoms. The average molecular weight is 277 g/mol. The molecule has 1 amide bonds. The predicted molar refractivity (Wildman–Crippen MR) is 79.4 cm³/mol. The molecule has 0 aromatic heterocycles. The minimum absolute atomic E-state index is 0.413. The van der Waals surface area contributed by atoms with Gasteiger partial charge in [0.05, 0.1) is 0 Å². The molecule has 3 nitrogen and oxygen atoms in total. The smallest absolute Gasteiger partial charge is 0.407 e. The Morgan fingerprint density at radius 1 is 1.37 bits per heavy atom. The summed E-state index contributed by atoms with van der Waals surface area (Å²) in [4.78, 5) is 12.2. The van der Waals surface area contributed by atoms with Crippen LogP contribution in [0.15, 0.2) is 29.2 Å². The molecule has 1 aromatic rings. The van der Waals surface area contributed by atoms with Gasteiger partial charge in [-0.1, -0.05) is 24.0 Å². The topological polar surface area (TPSA) is 38.3 Å². The van der Waals surface area contributed by atoms with E-state index in [0.29, 0.717) is 13.0 Å². The monoisotopic (exact) mass is 277 g/mol. The third kappa shape index (κ3) is 6.78. The van der Waals surface area contributed by atoms with Gasteiger partial charge in [0.25, 0.3) is 0 Å². The maximum atomic E-state index is 11.4. The zero-order valence-electron chi connectivity index (χ0n) is 11.5. The molecule has 0 bridgehead atoms. The first-order valence-corrected chi connectivity index (χ1v) is 6.57. The van der Waals surface area contributed by atoms with Crippen LogP contribution in [-0.4, -0.2) is 18.2 Å². The first kappa shape index (κ1) is 15.5. The second-order valence-electron chi connectivity index (χ2n) is 5.00. The summed E-state index contributed by atoms with van der Waals surface area (Å²) in [7, 11) is 0. The fourth-order valence-corrected chi connectivity index (χ4v) is 1.49. The van der Waals surface area contributed by atoms with Crippen LogP contribution in [0.5, 0.6) is 0 Å². The van der Waals surface area contributed by atoms with Crippen molar-refractivity contribution in [3.8, 4) is 11.8 Å². The summed E-state index contributed by atoms with van der Waals surface area (Å²) in [5.41, 5.74) is 0.420. The number of carbonyl (C=O) groups excluding carboxylic acids is 1. The maximum Gasteiger partial charge on any atom is 0.407 e. The van der Waals surface area contributed by atoms with E-state index in [0.717, 1.165) is 10.5 Å². The van der Waals surface area contributed by atoms with Gasteiger partial charge in [-0.15, -0.1) is 12.6 Å². The molecular formula is C15H19NO2S. The molecule has 1 N–H and O–H groups in total. The van der Waals surface area contributed by atoms with Gasteiger partial charge in [0, 0.05) is 23.4 Å². The number of benzene rings is 1. The van der Waals surface area contributed by atoms with E-state index in [9.17, 15) is 4.79 Å². The van der Waals surface area contributed by atoms with Crippen molar-refractivity contribution < 1.29 is 9.53 Å². The second kappa shape index (κ2) is 7.10. The van der Waals surface area contributed by atoms with E-state index >= 15 is 0 Å². The molecule has 0 aliphatic heterocycles. The zero-order valence-corrected chi connectivity index (χ0v) is 12.4. The molecule has 0 radical (unpaired) electrons. The number of nitrogens with one attached hydrogen (secondary N) is 1. The summed E-state index contributed by atoms with van der Waals surface area (Å²) in [6, 6.07) is 7.64. The largest absolute Gasteiger partial charge is 0.444 e. The van der Waals surface area contributed by atoms with Gasteiger partial charge in [-0.25, -0.2) is 4.79 Å². The quantitative estimate of drug-likeness (QED) is 0.495. The van der Waals surface area contributed by atoms with E-state index in [1.54, 1.807) is 0 Å². The van der Waals surface area contributed by atoms with Crippen LogP contribution in [0.25, 0.3) is 0 Å². The summed E-state index contributed by atoms with van der Waals surface area (Å²) in [6.07, 6.45) is 0.158. The number of rotatable bonds is 2. The van der Waals surface area contributed by atoms with Crippen LogP contribution in [0.4, 0.5) is 4.79 Å². The van der Waals surface area contributed by atoms with E-state index in [2.05, 4.69) is 29.8 Å². The molecule has 4 heteroatoms. The van der Waals surface area contributed by atoms with E-state index in [1.165, 1.54) is 0 Å². The minimum Gasteiger partial charge on any atom is -0.444 e. The van der Waals surface area contributed by atoms with E-state index in [1.807, 2.05) is 45.0 Å². The van der Waals surface area contributed by atoms with Gasteiger partial charge in [0.2, 0.25) is 0 Å². The SMILES string of the molecule is CC(C)(C)OC(=O)NCCC#Cc1ccccc1S. The first-order chi connectivity index (χ1) is 8.88. The minimum atomic E-state index is -0.471. The van der Waals surface area contributed by atoms with Crippen LogP contribution in [-0.2, 0) is 4.74 Å². The highest BCUT2D eigenvalue weighted by atomic mass is 32.1. The van der Waals surface area contributed by atoms with Crippen molar-refractivity contribution in [2.45, 2.75) is 37.7 Å². The summed E-state index contributed by atoms with van der Waals surface area (Å²) in [6.45, 7) is 5.96. The normalized spacial score (nSPS) is 10.3. The molecule has 19 heavy (non-hydrogen) atoms. The zero-order chi connectivity index (χ0) is 14.3. The van der Waals surface area contributed by atoms with Gasteiger partial charge in [-0.3, -0.25) is 0 Å². The third-order valence-corrected chi connectivity index (χ3v) is 2.44. The average Bonchev–Trinajstić information content (AvgIpc) is 2.28. The first-order valence-electron chi connectivity index (χ1n) is 6.12. The lowest BCUT2D eigenvalue weighted by Gasteiger charge is -2.19. The van der Waals surface area contributed by atoms with Gasteiger partial charge >= 0.3 is 6.09 Å². The highest BCUT2D eigenvalue weighted by molar-refractivity contribution is 7.80. The second-order valence-corrected chi connectivity index (χ2v) is 5.48. The lowest BCUT2D eigenvalue weighted by Crippen LogP contribution is -2.32. The number of hydrogen-bond acceptors (Lipinski definition) is 3. The van der Waals surface area contributed by atoms with Gasteiger partial charge in [-0.05, 0) is 32.9 Å². The molecule has 1 rings (SSSR count). The van der Waals surface area contributed by atoms with E-state index in [-0.39, 0.29) is 0 Å². The Morgan fingerprint density at radius 3 is 2.68 bits per heavy atom. The number of carbonyl (C=O) groups is 1. The Labute approximate surface area is 120 Å². The van der Waals surface area contributed by atoms with Crippen LogP contribution in [0.1, 0.15) is 32.8 Å². The summed E-state index contributed by atoms with van der Waals surface area (Å²) in [5.74, 6) is 6.01. The molecule has 102 valence electrons. The van der Waals surface area contributed by atoms with Gasteiger partial charge in [0.1, 0.15) is 5.60 Å². The van der Waals surface area contributed by atoms with Crippen molar-refractivity contribution >= 4 is 18.7 Å². The van der Waals surface area contributed by atoms with Gasteiger partial charge in [0.15, 0.2) is 0 Å². The molecule has 0 aliphatic rings. The van der Waals surface area contributed by atoms with Crippen molar-refractivity contribution in [2.24, 2.45) is 0 Å². The Bertz CT molecular complexity index is 495. The summed E-state index contributed by atoms with van der Waals surface area (Å²) >= 11 is 4.31. The molecular weight excluding hydrogens is 258 g/mol. The fraction of sp³-hybridized carbons (Fsp3) is 0.400. The number of thiol groups is 1. The molecule has 1 aromatic carbocycles. The number of hydrogen-bond donors (Lipinski definition) is 2. The maximum absolute atomic E-state index is 11.4. The van der Waals surface area contributed by atoms with Crippen LogP contribution in [0.3, 0.4) is 0 Å². The summed E-state index contributed by atoms with van der Waals surface area (Å²) < 4.78 is 5.11. The standard InChI is InChI=1S/C15H19NO2S/c1-15(2,3)18-14(17)16-11-7-6-9-12-8-4-5-10-13(12)19/h4-5,8,10,19H,7,11H2,1-3H3,(H,16,17). The molecule has 0 heterocycles. The highest BCUT2D eigenvalue weighted by Crippen LogP contribution is 2.10. The lowest BCUT2D eigenvalue weighted by molar-refractivity contribution is 0.0529. The lowest BCUT2D eigenvalue weighted by atomic mass is 10.2. The van der Waals surface area contributed by atoms with Crippen LogP contribution >= 0.6 is 12.6 Å². The molecule has 0 aliphatic carbocycles. The van der Waals surface area contributed by atoms with Crippen LogP contribution in [0, 0.1) is 11.8 Å². The molecule has 0 unspecified atom stereocenters. The Kier molecular flexibility index (Phi) is 5.78. The predicted octanol–water partition coefficient (Wildman–Crippen LogP) is 3.24. The van der Waals surface area contributed by atoms with Gasteiger partial charge < -0.3 is 10.1 Å². The van der Waals surface area contributed by atoms with Crippen LogP contribution in [0.2, 0.25) is 0 Å². The third-order valence-electron chi connectivity index (χ3n) is 2.05. The fourth-order valence-electron chi connectivity index (χ4n) is 1.28. The van der Waals surface area contributed by atoms with Crippen molar-refractivity contribution in [3.05, 3.63) is 29.8 Å². The molecule has 0 fully saturated rings. The number of amides is 1. The van der Waals surface area contributed by atoms with Crippen molar-refractivity contribution in [1.29, 1.82) is 0 Å². The molecule has 0 atom stereocenters. The number of alkyl carbamates (subject to hydrolysis) is 1.